The second-order valence-electron chi connectivity index (χ2n) is 3.98. The van der Waals surface area contributed by atoms with Crippen LogP contribution in [0.4, 0.5) is 0 Å². The lowest BCUT2D eigenvalue weighted by Gasteiger charge is -2.19. The van der Waals surface area contributed by atoms with Gasteiger partial charge in [0.05, 0.1) is 12.8 Å². The fourth-order valence-electron chi connectivity index (χ4n) is 1.36. The predicted molar refractivity (Wildman–Crippen MR) is 71.4 cm³/mol. The molecule has 6 heteroatoms. The van der Waals surface area contributed by atoms with E-state index in [1.807, 2.05) is 13.8 Å². The Balaban J connectivity index is 2.53. The number of carbonyl (C=O) groups excluding carboxylic acids is 1. The number of ether oxygens (including phenoxy) is 1. The second-order valence-corrected chi connectivity index (χ2v) is 5.02. The number of nitrogens with one attached hydrogen (secondary N) is 1. The Bertz CT molecular complexity index is 360. The number of thioether (sulfide) groups is 1. The molecule has 0 amide bonds. The average molecular weight is 269 g/mol. The maximum absolute atomic E-state index is 11.8. The van der Waals surface area contributed by atoms with Crippen LogP contribution in [0.25, 0.3) is 0 Å². The van der Waals surface area contributed by atoms with Crippen molar-refractivity contribution in [2.24, 2.45) is 0 Å². The first-order chi connectivity index (χ1) is 8.63. The molecular formula is C12H19N3O2S. The Hall–Kier alpha value is -1.14. The van der Waals surface area contributed by atoms with Crippen LogP contribution in [-0.2, 0) is 9.53 Å². The highest BCUT2D eigenvalue weighted by Gasteiger charge is 2.20. The molecule has 0 saturated carbocycles. The van der Waals surface area contributed by atoms with Gasteiger partial charge < -0.3 is 10.1 Å². The topological polar surface area (TPSA) is 64.1 Å². The third-order valence-corrected chi connectivity index (χ3v) is 3.05. The Labute approximate surface area is 112 Å². The van der Waals surface area contributed by atoms with Crippen LogP contribution in [0.1, 0.15) is 20.8 Å². The van der Waals surface area contributed by atoms with Gasteiger partial charge in [0.1, 0.15) is 11.1 Å². The van der Waals surface area contributed by atoms with Gasteiger partial charge in [-0.05, 0) is 6.92 Å². The van der Waals surface area contributed by atoms with E-state index in [1.54, 1.807) is 25.5 Å². The van der Waals surface area contributed by atoms with Crippen LogP contribution in [0.3, 0.4) is 0 Å². The van der Waals surface area contributed by atoms with Gasteiger partial charge in [-0.3, -0.25) is 9.78 Å². The zero-order valence-corrected chi connectivity index (χ0v) is 11.7. The van der Waals surface area contributed by atoms with E-state index in [0.29, 0.717) is 12.4 Å². The van der Waals surface area contributed by atoms with Gasteiger partial charge in [-0.25, -0.2) is 4.98 Å². The maximum atomic E-state index is 11.8. The molecule has 0 aromatic carbocycles. The first kappa shape index (κ1) is 14.9. The summed E-state index contributed by atoms with van der Waals surface area (Å²) in [6, 6.07) is -0.0983. The lowest BCUT2D eigenvalue weighted by Crippen LogP contribution is -2.43. The van der Waals surface area contributed by atoms with Gasteiger partial charge in [-0.1, -0.05) is 13.8 Å². The molecule has 0 aliphatic rings. The predicted octanol–water partition coefficient (Wildman–Crippen LogP) is 1.50. The second kappa shape index (κ2) is 8.05. The molecule has 100 valence electrons. The van der Waals surface area contributed by atoms with E-state index >= 15 is 0 Å². The molecule has 0 aliphatic heterocycles. The van der Waals surface area contributed by atoms with Gasteiger partial charge in [0.15, 0.2) is 0 Å². The zero-order valence-electron chi connectivity index (χ0n) is 10.9. The number of aromatic nitrogens is 2. The smallest absolute Gasteiger partial charge is 0.324 e. The number of esters is 1. The molecule has 0 saturated heterocycles. The lowest BCUT2D eigenvalue weighted by molar-refractivity contribution is -0.145. The van der Waals surface area contributed by atoms with Crippen LogP contribution in [0.2, 0.25) is 0 Å². The third-order valence-electron chi connectivity index (χ3n) is 2.04. The Morgan fingerprint density at radius 3 is 2.83 bits per heavy atom. The van der Waals surface area contributed by atoms with Gasteiger partial charge in [0, 0.05) is 24.2 Å². The summed E-state index contributed by atoms with van der Waals surface area (Å²) in [6.07, 6.45) is 4.94. The Morgan fingerprint density at radius 1 is 1.50 bits per heavy atom. The molecule has 18 heavy (non-hydrogen) atoms. The number of nitrogens with zero attached hydrogens (tertiary/aromatic N) is 2. The molecule has 1 heterocycles. The van der Waals surface area contributed by atoms with Crippen LogP contribution < -0.4 is 5.32 Å². The van der Waals surface area contributed by atoms with Crippen molar-refractivity contribution < 1.29 is 9.53 Å². The molecule has 0 spiro atoms. The van der Waals surface area contributed by atoms with Gasteiger partial charge in [-0.2, -0.15) is 0 Å². The quantitative estimate of drug-likeness (QED) is 0.598. The van der Waals surface area contributed by atoms with Gasteiger partial charge >= 0.3 is 5.97 Å². The fourth-order valence-corrected chi connectivity index (χ4v) is 2.20. The standard InChI is InChI=1S/C12H19N3O2S/c1-4-17-12(16)10(15-9(2)3)8-18-11-7-13-5-6-14-11/h5-7,9-10,15H,4,8H2,1-3H3. The van der Waals surface area contributed by atoms with E-state index in [2.05, 4.69) is 15.3 Å². The summed E-state index contributed by atoms with van der Waals surface area (Å²) in [4.78, 5) is 19.9. The zero-order chi connectivity index (χ0) is 13.4. The summed E-state index contributed by atoms with van der Waals surface area (Å²) >= 11 is 1.49. The molecule has 1 rings (SSSR count). The van der Waals surface area contributed by atoms with Crippen molar-refractivity contribution >= 4 is 17.7 Å². The van der Waals surface area contributed by atoms with Crippen molar-refractivity contribution in [2.45, 2.75) is 37.9 Å². The molecule has 1 N–H and O–H groups in total. The van der Waals surface area contributed by atoms with Gasteiger partial charge in [0.2, 0.25) is 0 Å². The van der Waals surface area contributed by atoms with Crippen LogP contribution in [-0.4, -0.2) is 40.4 Å². The molecular weight excluding hydrogens is 250 g/mol. The average Bonchev–Trinajstić information content (AvgIpc) is 2.35. The van der Waals surface area contributed by atoms with Crippen LogP contribution in [0.5, 0.6) is 0 Å². The van der Waals surface area contributed by atoms with Crippen molar-refractivity contribution in [2.75, 3.05) is 12.4 Å². The number of rotatable bonds is 7. The summed E-state index contributed by atoms with van der Waals surface area (Å²) in [5, 5.41) is 3.99. The molecule has 1 unspecified atom stereocenters. The van der Waals surface area contributed by atoms with Crippen molar-refractivity contribution in [3.8, 4) is 0 Å². The molecule has 1 atom stereocenters. The van der Waals surface area contributed by atoms with Crippen molar-refractivity contribution in [1.29, 1.82) is 0 Å². The summed E-state index contributed by atoms with van der Waals surface area (Å²) in [5.74, 6) is 0.359. The summed E-state index contributed by atoms with van der Waals surface area (Å²) in [5.41, 5.74) is 0. The molecule has 0 aliphatic carbocycles. The molecule has 0 fully saturated rings. The Morgan fingerprint density at radius 2 is 2.28 bits per heavy atom. The van der Waals surface area contributed by atoms with Crippen LogP contribution in [0, 0.1) is 0 Å². The fraction of sp³-hybridized carbons (Fsp3) is 0.583. The van der Waals surface area contributed by atoms with E-state index < -0.39 is 0 Å². The first-order valence-corrected chi connectivity index (χ1v) is 6.93. The van der Waals surface area contributed by atoms with Crippen molar-refractivity contribution in [1.82, 2.24) is 15.3 Å². The minimum absolute atomic E-state index is 0.220. The van der Waals surface area contributed by atoms with E-state index in [9.17, 15) is 4.79 Å². The molecule has 5 nitrogen and oxygen atoms in total. The first-order valence-electron chi connectivity index (χ1n) is 5.95. The van der Waals surface area contributed by atoms with E-state index in [1.165, 1.54) is 11.8 Å². The van der Waals surface area contributed by atoms with E-state index in [-0.39, 0.29) is 18.1 Å². The highest BCUT2D eigenvalue weighted by Crippen LogP contribution is 2.15. The minimum Gasteiger partial charge on any atom is -0.465 e. The summed E-state index contributed by atoms with van der Waals surface area (Å²) in [7, 11) is 0. The SMILES string of the molecule is CCOC(=O)C(CSc1cnccn1)NC(C)C. The number of carbonyl (C=O) groups is 1. The minimum atomic E-state index is -0.322. The van der Waals surface area contributed by atoms with E-state index in [4.69, 9.17) is 4.74 Å². The molecule has 0 radical (unpaired) electrons. The highest BCUT2D eigenvalue weighted by atomic mass is 32.2. The molecule has 1 aromatic heterocycles. The van der Waals surface area contributed by atoms with Gasteiger partial charge in [0.25, 0.3) is 0 Å². The third kappa shape index (κ3) is 5.46. The van der Waals surface area contributed by atoms with E-state index in [0.717, 1.165) is 5.03 Å². The van der Waals surface area contributed by atoms with Gasteiger partial charge in [-0.15, -0.1) is 11.8 Å². The van der Waals surface area contributed by atoms with Crippen LogP contribution >= 0.6 is 11.8 Å². The molecule has 1 aromatic rings. The summed E-state index contributed by atoms with van der Waals surface area (Å²) in [6.45, 7) is 6.20. The van der Waals surface area contributed by atoms with Crippen molar-refractivity contribution in [3.63, 3.8) is 0 Å². The lowest BCUT2D eigenvalue weighted by atomic mass is 10.3. The van der Waals surface area contributed by atoms with Crippen molar-refractivity contribution in [3.05, 3.63) is 18.6 Å². The number of hydrogen-bond donors (Lipinski definition) is 1. The highest BCUT2D eigenvalue weighted by molar-refractivity contribution is 7.99. The normalized spacial score (nSPS) is 12.4. The Kier molecular flexibility index (Phi) is 6.67. The maximum Gasteiger partial charge on any atom is 0.324 e. The van der Waals surface area contributed by atoms with Crippen LogP contribution in [0.15, 0.2) is 23.6 Å². The molecule has 0 bridgehead atoms. The number of hydrogen-bond acceptors (Lipinski definition) is 6. The largest absolute Gasteiger partial charge is 0.465 e. The monoisotopic (exact) mass is 269 g/mol. The summed E-state index contributed by atoms with van der Waals surface area (Å²) < 4.78 is 5.04.